The molecule has 178 valence electrons. The van der Waals surface area contributed by atoms with Gasteiger partial charge in [-0.3, -0.25) is 4.79 Å². The van der Waals surface area contributed by atoms with Crippen LogP contribution in [0.5, 0.6) is 0 Å². The van der Waals surface area contributed by atoms with Crippen LogP contribution in [0.2, 0.25) is 0 Å². The zero-order chi connectivity index (χ0) is 24.3. The molecular weight excluding hydrogens is 443 g/mol. The third-order valence-corrected chi connectivity index (χ3v) is 6.37. The van der Waals surface area contributed by atoms with Crippen LogP contribution in [-0.2, 0) is 12.6 Å². The zero-order valence-corrected chi connectivity index (χ0v) is 19.1. The Labute approximate surface area is 196 Å². The standard InChI is InChI=1S/C25H26F3N5O/c1-16-7-4-13-33(20(16)9-10-21-31-14-18(15-32-21)25(26,27)28)24(34)19-8-3-6-17(2)22(19)23-29-11-5-12-30-23/h3,5-6,8,11-12,14-16,20H,4,7,9-10,13H2,1-2H3/t16-,20-/m1/s1. The van der Waals surface area contributed by atoms with Crippen molar-refractivity contribution in [2.75, 3.05) is 6.54 Å². The van der Waals surface area contributed by atoms with Crippen LogP contribution >= 0.6 is 0 Å². The number of hydrogen-bond acceptors (Lipinski definition) is 5. The van der Waals surface area contributed by atoms with E-state index in [9.17, 15) is 18.0 Å². The molecule has 34 heavy (non-hydrogen) atoms. The number of hydrogen-bond donors (Lipinski definition) is 0. The van der Waals surface area contributed by atoms with Crippen LogP contribution in [0.25, 0.3) is 11.4 Å². The molecule has 6 nitrogen and oxygen atoms in total. The van der Waals surface area contributed by atoms with E-state index in [0.717, 1.165) is 36.4 Å². The smallest absolute Gasteiger partial charge is 0.335 e. The van der Waals surface area contributed by atoms with Gasteiger partial charge in [-0.1, -0.05) is 19.1 Å². The normalized spacial score (nSPS) is 18.7. The van der Waals surface area contributed by atoms with E-state index in [4.69, 9.17) is 0 Å². The third-order valence-electron chi connectivity index (χ3n) is 6.37. The number of piperidine rings is 1. The van der Waals surface area contributed by atoms with Crippen molar-refractivity contribution in [3.8, 4) is 11.4 Å². The number of aryl methyl sites for hydroxylation is 2. The summed E-state index contributed by atoms with van der Waals surface area (Å²) in [6, 6.07) is 7.25. The van der Waals surface area contributed by atoms with E-state index in [1.807, 2.05) is 24.0 Å². The Morgan fingerprint density at radius 3 is 2.47 bits per heavy atom. The summed E-state index contributed by atoms with van der Waals surface area (Å²) in [5.41, 5.74) is 1.32. The van der Waals surface area contributed by atoms with E-state index < -0.39 is 11.7 Å². The second-order valence-corrected chi connectivity index (χ2v) is 8.68. The first-order chi connectivity index (χ1) is 16.3. The monoisotopic (exact) mass is 469 g/mol. The molecule has 1 amide bonds. The molecule has 0 N–H and O–H groups in total. The van der Waals surface area contributed by atoms with Crippen molar-refractivity contribution in [1.29, 1.82) is 0 Å². The van der Waals surface area contributed by atoms with Gasteiger partial charge in [0.15, 0.2) is 5.82 Å². The quantitative estimate of drug-likeness (QED) is 0.518. The molecule has 0 radical (unpaired) electrons. The van der Waals surface area contributed by atoms with Crippen LogP contribution in [0.4, 0.5) is 13.2 Å². The molecule has 1 aliphatic heterocycles. The third kappa shape index (κ3) is 5.08. The highest BCUT2D eigenvalue weighted by atomic mass is 19.4. The maximum atomic E-state index is 13.8. The fraction of sp³-hybridized carbons (Fsp3) is 0.400. The van der Waals surface area contributed by atoms with E-state index >= 15 is 0 Å². The second kappa shape index (κ2) is 9.87. The van der Waals surface area contributed by atoms with Crippen molar-refractivity contribution in [1.82, 2.24) is 24.8 Å². The Morgan fingerprint density at radius 2 is 1.79 bits per heavy atom. The maximum Gasteiger partial charge on any atom is 0.419 e. The SMILES string of the molecule is Cc1cccc(C(=O)N2CCC[C@@H](C)[C@H]2CCc2ncc(C(F)(F)F)cn2)c1-c1ncccn1. The lowest BCUT2D eigenvalue weighted by Gasteiger charge is -2.40. The topological polar surface area (TPSA) is 71.9 Å². The molecule has 1 saturated heterocycles. The number of aromatic nitrogens is 4. The summed E-state index contributed by atoms with van der Waals surface area (Å²) in [7, 11) is 0. The highest BCUT2D eigenvalue weighted by Gasteiger charge is 2.34. The lowest BCUT2D eigenvalue weighted by Crippen LogP contribution is -2.48. The number of alkyl halides is 3. The molecule has 2 atom stereocenters. The van der Waals surface area contributed by atoms with Gasteiger partial charge in [0.1, 0.15) is 5.82 Å². The highest BCUT2D eigenvalue weighted by molar-refractivity contribution is 6.01. The molecule has 3 aromatic rings. The van der Waals surface area contributed by atoms with Crippen LogP contribution in [0, 0.1) is 12.8 Å². The average molecular weight is 470 g/mol. The Morgan fingerprint density at radius 1 is 1.09 bits per heavy atom. The minimum Gasteiger partial charge on any atom is -0.335 e. The Balaban J connectivity index is 1.57. The molecule has 3 heterocycles. The Kier molecular flexibility index (Phi) is 6.90. The first-order valence-corrected chi connectivity index (χ1v) is 11.3. The van der Waals surface area contributed by atoms with Crippen LogP contribution < -0.4 is 0 Å². The number of amides is 1. The molecule has 0 unspecified atom stereocenters. The van der Waals surface area contributed by atoms with E-state index in [2.05, 4.69) is 26.9 Å². The van der Waals surface area contributed by atoms with Crippen molar-refractivity contribution in [2.45, 2.75) is 51.7 Å². The first kappa shape index (κ1) is 23.8. The van der Waals surface area contributed by atoms with Crippen molar-refractivity contribution in [2.24, 2.45) is 5.92 Å². The van der Waals surface area contributed by atoms with Gasteiger partial charge in [-0.25, -0.2) is 19.9 Å². The number of halogens is 3. The molecule has 0 aliphatic carbocycles. The summed E-state index contributed by atoms with van der Waals surface area (Å²) < 4.78 is 38.4. The summed E-state index contributed by atoms with van der Waals surface area (Å²) in [6.07, 6.45) is 3.29. The van der Waals surface area contributed by atoms with Gasteiger partial charge >= 0.3 is 6.18 Å². The van der Waals surface area contributed by atoms with E-state index in [-0.39, 0.29) is 17.9 Å². The summed E-state index contributed by atoms with van der Waals surface area (Å²) in [5.74, 6) is 1.00. The summed E-state index contributed by atoms with van der Waals surface area (Å²) >= 11 is 0. The van der Waals surface area contributed by atoms with Gasteiger partial charge in [-0.2, -0.15) is 13.2 Å². The van der Waals surface area contributed by atoms with E-state index in [0.29, 0.717) is 36.6 Å². The minimum absolute atomic E-state index is 0.0720. The van der Waals surface area contributed by atoms with Gasteiger partial charge in [0.05, 0.1) is 11.1 Å². The first-order valence-electron chi connectivity index (χ1n) is 11.3. The summed E-state index contributed by atoms with van der Waals surface area (Å²) in [6.45, 7) is 4.65. The summed E-state index contributed by atoms with van der Waals surface area (Å²) in [4.78, 5) is 32.2. The molecule has 0 saturated carbocycles. The van der Waals surface area contributed by atoms with Crippen molar-refractivity contribution < 1.29 is 18.0 Å². The van der Waals surface area contributed by atoms with Crippen LogP contribution in [0.3, 0.4) is 0 Å². The minimum atomic E-state index is -4.46. The molecule has 2 aromatic heterocycles. The fourth-order valence-electron chi connectivity index (χ4n) is 4.57. The maximum absolute atomic E-state index is 13.8. The lowest BCUT2D eigenvalue weighted by molar-refractivity contribution is -0.138. The number of likely N-dealkylation sites (tertiary alicyclic amines) is 1. The number of carbonyl (C=O) groups excluding carboxylic acids is 1. The zero-order valence-electron chi connectivity index (χ0n) is 19.1. The molecule has 0 bridgehead atoms. The van der Waals surface area contributed by atoms with Gasteiger partial charge in [-0.05, 0) is 49.8 Å². The van der Waals surface area contributed by atoms with Crippen molar-refractivity contribution in [3.63, 3.8) is 0 Å². The van der Waals surface area contributed by atoms with Gasteiger partial charge in [0.25, 0.3) is 5.91 Å². The van der Waals surface area contributed by atoms with Crippen LogP contribution in [0.15, 0.2) is 49.1 Å². The molecule has 4 rings (SSSR count). The van der Waals surface area contributed by atoms with Crippen molar-refractivity contribution in [3.05, 3.63) is 71.6 Å². The molecule has 1 aliphatic rings. The fourth-order valence-corrected chi connectivity index (χ4v) is 4.57. The Hall–Kier alpha value is -3.36. The van der Waals surface area contributed by atoms with Gasteiger partial charge in [0, 0.05) is 49.4 Å². The molecular formula is C25H26F3N5O. The van der Waals surface area contributed by atoms with Crippen LogP contribution in [-0.4, -0.2) is 43.3 Å². The van der Waals surface area contributed by atoms with Gasteiger partial charge in [0.2, 0.25) is 0 Å². The molecule has 9 heteroatoms. The molecule has 0 spiro atoms. The van der Waals surface area contributed by atoms with Gasteiger partial charge in [-0.15, -0.1) is 0 Å². The second-order valence-electron chi connectivity index (χ2n) is 8.68. The average Bonchev–Trinajstić information content (AvgIpc) is 2.83. The predicted molar refractivity (Wildman–Crippen MR) is 121 cm³/mol. The van der Waals surface area contributed by atoms with Crippen LogP contribution in [0.1, 0.15) is 53.5 Å². The number of benzene rings is 1. The van der Waals surface area contributed by atoms with E-state index in [1.54, 1.807) is 24.5 Å². The summed E-state index contributed by atoms with van der Waals surface area (Å²) in [5, 5.41) is 0. The number of nitrogens with zero attached hydrogens (tertiary/aromatic N) is 5. The molecule has 1 fully saturated rings. The Bertz CT molecular complexity index is 1140. The van der Waals surface area contributed by atoms with Crippen molar-refractivity contribution >= 4 is 5.91 Å². The number of carbonyl (C=O) groups is 1. The molecule has 1 aromatic carbocycles. The van der Waals surface area contributed by atoms with E-state index in [1.165, 1.54) is 0 Å². The largest absolute Gasteiger partial charge is 0.419 e. The highest BCUT2D eigenvalue weighted by Crippen LogP contribution is 2.32. The predicted octanol–water partition coefficient (Wildman–Crippen LogP) is 5.13. The lowest BCUT2D eigenvalue weighted by atomic mass is 9.86. The number of rotatable bonds is 5. The van der Waals surface area contributed by atoms with Gasteiger partial charge < -0.3 is 4.90 Å².